The Morgan fingerprint density at radius 2 is 1.48 bits per heavy atom. The fourth-order valence-corrected chi connectivity index (χ4v) is 6.78. The van der Waals surface area contributed by atoms with Crippen molar-refractivity contribution in [3.8, 4) is 0 Å². The molecule has 0 unspecified atom stereocenters. The summed E-state index contributed by atoms with van der Waals surface area (Å²) in [4.78, 5) is 29.6. The Bertz CT molecular complexity index is 1710. The molecule has 0 spiro atoms. The van der Waals surface area contributed by atoms with E-state index in [0.717, 1.165) is 9.87 Å². The summed E-state index contributed by atoms with van der Waals surface area (Å²) in [6, 6.07) is 27.8. The molecule has 2 amide bonds. The number of carbonyl (C=O) groups is 2. The summed E-state index contributed by atoms with van der Waals surface area (Å²) in [6.45, 7) is 3.10. The number of hydrogen-bond acceptors (Lipinski definition) is 4. The minimum absolute atomic E-state index is 0.0174. The van der Waals surface area contributed by atoms with Gasteiger partial charge < -0.3 is 10.2 Å². The molecule has 4 rings (SSSR count). The number of benzene rings is 4. The van der Waals surface area contributed by atoms with Crippen molar-refractivity contribution < 1.29 is 18.0 Å². The van der Waals surface area contributed by atoms with E-state index in [0.29, 0.717) is 20.1 Å². The van der Waals surface area contributed by atoms with E-state index in [9.17, 15) is 18.0 Å². The highest BCUT2D eigenvalue weighted by atomic mass is 79.9. The fraction of sp³-hybridized carbons (Fsp3) is 0.212. The number of halogens is 3. The first-order valence-corrected chi connectivity index (χ1v) is 16.9. The largest absolute Gasteiger partial charge is 0.352 e. The second-order valence-corrected chi connectivity index (χ2v) is 14.0. The Morgan fingerprint density at radius 1 is 0.818 bits per heavy atom. The number of nitrogens with zero attached hydrogens (tertiary/aromatic N) is 2. The number of anilines is 1. The monoisotopic (exact) mass is 715 g/mol. The quantitative estimate of drug-likeness (QED) is 0.169. The molecule has 0 fully saturated rings. The number of hydrogen-bond donors (Lipinski definition) is 1. The zero-order valence-electron chi connectivity index (χ0n) is 24.2. The zero-order valence-corrected chi connectivity index (χ0v) is 28.1. The van der Waals surface area contributed by atoms with E-state index in [1.807, 2.05) is 44.2 Å². The zero-order chi connectivity index (χ0) is 31.9. The summed E-state index contributed by atoms with van der Waals surface area (Å²) in [5.74, 6) is -0.937. The van der Waals surface area contributed by atoms with Gasteiger partial charge in [-0.15, -0.1) is 0 Å². The molecule has 0 heterocycles. The van der Waals surface area contributed by atoms with Crippen molar-refractivity contribution in [2.45, 2.75) is 43.8 Å². The highest BCUT2D eigenvalue weighted by molar-refractivity contribution is 9.10. The standard InChI is InChI=1S/C33H32BrCl2N3O4S/c1-23(2)37-33(41)31(19-24-10-5-3-6-11-24)38(21-25-16-17-29(35)30(36)18-25)32(40)22-39(27-13-9-12-26(34)20-27)44(42,43)28-14-7-4-8-15-28/h3-18,20,23,31H,19,21-22H2,1-2H3,(H,37,41)/t31-/m0/s1. The molecule has 44 heavy (non-hydrogen) atoms. The van der Waals surface area contributed by atoms with E-state index in [1.54, 1.807) is 60.7 Å². The lowest BCUT2D eigenvalue weighted by Crippen LogP contribution is -2.54. The summed E-state index contributed by atoms with van der Waals surface area (Å²) in [5.41, 5.74) is 1.75. The minimum Gasteiger partial charge on any atom is -0.352 e. The average Bonchev–Trinajstić information content (AvgIpc) is 2.99. The second kappa shape index (κ2) is 15.1. The lowest BCUT2D eigenvalue weighted by molar-refractivity contribution is -0.140. The van der Waals surface area contributed by atoms with Gasteiger partial charge in [0, 0.05) is 23.5 Å². The average molecular weight is 718 g/mol. The van der Waals surface area contributed by atoms with Crippen LogP contribution in [0.25, 0.3) is 0 Å². The normalized spacial score (nSPS) is 12.0. The molecule has 0 aromatic heterocycles. The van der Waals surface area contributed by atoms with Crippen molar-refractivity contribution in [2.75, 3.05) is 10.8 Å². The Hall–Kier alpha value is -3.37. The number of rotatable bonds is 12. The molecule has 0 bridgehead atoms. The van der Waals surface area contributed by atoms with Gasteiger partial charge in [0.25, 0.3) is 10.0 Å². The van der Waals surface area contributed by atoms with Crippen LogP contribution >= 0.6 is 39.1 Å². The first-order chi connectivity index (χ1) is 21.0. The maximum Gasteiger partial charge on any atom is 0.264 e. The van der Waals surface area contributed by atoms with Crippen LogP contribution in [0.2, 0.25) is 10.0 Å². The highest BCUT2D eigenvalue weighted by Crippen LogP contribution is 2.28. The van der Waals surface area contributed by atoms with Gasteiger partial charge in [0.1, 0.15) is 12.6 Å². The Balaban J connectivity index is 1.81. The van der Waals surface area contributed by atoms with Crippen molar-refractivity contribution >= 4 is 66.7 Å². The third-order valence-corrected chi connectivity index (χ3v) is 9.77. The molecule has 230 valence electrons. The molecule has 0 saturated carbocycles. The molecule has 1 atom stereocenters. The number of carbonyl (C=O) groups excluding carboxylic acids is 2. The van der Waals surface area contributed by atoms with Crippen LogP contribution < -0.4 is 9.62 Å². The minimum atomic E-state index is -4.18. The van der Waals surface area contributed by atoms with Crippen molar-refractivity contribution in [2.24, 2.45) is 0 Å². The molecule has 0 saturated heterocycles. The summed E-state index contributed by atoms with van der Waals surface area (Å²) in [7, 11) is -4.18. The molecule has 11 heteroatoms. The summed E-state index contributed by atoms with van der Waals surface area (Å²) in [6.07, 6.45) is 0.203. The van der Waals surface area contributed by atoms with Crippen molar-refractivity contribution in [1.82, 2.24) is 10.2 Å². The number of amides is 2. The van der Waals surface area contributed by atoms with Gasteiger partial charge in [0.15, 0.2) is 0 Å². The van der Waals surface area contributed by atoms with Crippen LogP contribution in [0.5, 0.6) is 0 Å². The first-order valence-electron chi connectivity index (χ1n) is 13.9. The van der Waals surface area contributed by atoms with E-state index < -0.39 is 28.5 Å². The van der Waals surface area contributed by atoms with Crippen molar-refractivity contribution in [3.05, 3.63) is 129 Å². The molecular formula is C33H32BrCl2N3O4S. The molecule has 1 N–H and O–H groups in total. The summed E-state index contributed by atoms with van der Waals surface area (Å²) in [5, 5.41) is 3.58. The van der Waals surface area contributed by atoms with E-state index in [2.05, 4.69) is 21.2 Å². The van der Waals surface area contributed by atoms with Gasteiger partial charge in [0.05, 0.1) is 20.6 Å². The van der Waals surface area contributed by atoms with Crippen LogP contribution in [0.1, 0.15) is 25.0 Å². The van der Waals surface area contributed by atoms with E-state index in [4.69, 9.17) is 23.2 Å². The smallest absolute Gasteiger partial charge is 0.264 e. The second-order valence-electron chi connectivity index (χ2n) is 10.4. The fourth-order valence-electron chi connectivity index (χ4n) is 4.65. The topological polar surface area (TPSA) is 86.8 Å². The molecule has 4 aromatic carbocycles. The van der Waals surface area contributed by atoms with Gasteiger partial charge in [-0.05, 0) is 67.4 Å². The Morgan fingerprint density at radius 3 is 2.09 bits per heavy atom. The van der Waals surface area contributed by atoms with Crippen LogP contribution in [0.4, 0.5) is 5.69 Å². The maximum atomic E-state index is 14.4. The number of sulfonamides is 1. The summed E-state index contributed by atoms with van der Waals surface area (Å²) < 4.78 is 29.7. The third-order valence-electron chi connectivity index (χ3n) is 6.75. The van der Waals surface area contributed by atoms with Crippen LogP contribution in [-0.4, -0.2) is 43.8 Å². The summed E-state index contributed by atoms with van der Waals surface area (Å²) >= 11 is 15.9. The molecular weight excluding hydrogens is 685 g/mol. The molecule has 4 aromatic rings. The van der Waals surface area contributed by atoms with Gasteiger partial charge >= 0.3 is 0 Å². The van der Waals surface area contributed by atoms with Gasteiger partial charge in [0.2, 0.25) is 11.8 Å². The van der Waals surface area contributed by atoms with Gasteiger partial charge in [-0.1, -0.05) is 99.8 Å². The third kappa shape index (κ3) is 8.63. The predicted octanol–water partition coefficient (Wildman–Crippen LogP) is 7.12. The van der Waals surface area contributed by atoms with Gasteiger partial charge in [-0.3, -0.25) is 13.9 Å². The highest BCUT2D eigenvalue weighted by Gasteiger charge is 2.35. The predicted molar refractivity (Wildman–Crippen MR) is 179 cm³/mol. The molecule has 0 aliphatic heterocycles. The van der Waals surface area contributed by atoms with Gasteiger partial charge in [-0.25, -0.2) is 8.42 Å². The Labute approximate surface area is 277 Å². The lowest BCUT2D eigenvalue weighted by Gasteiger charge is -2.34. The van der Waals surface area contributed by atoms with E-state index in [1.165, 1.54) is 17.0 Å². The molecule has 0 aliphatic rings. The van der Waals surface area contributed by atoms with Crippen LogP contribution in [0, 0.1) is 0 Å². The van der Waals surface area contributed by atoms with E-state index >= 15 is 0 Å². The van der Waals surface area contributed by atoms with E-state index in [-0.39, 0.29) is 35.5 Å². The Kier molecular flexibility index (Phi) is 11.5. The van der Waals surface area contributed by atoms with Crippen LogP contribution in [-0.2, 0) is 32.6 Å². The van der Waals surface area contributed by atoms with Crippen molar-refractivity contribution in [1.29, 1.82) is 0 Å². The van der Waals surface area contributed by atoms with Crippen LogP contribution in [0.15, 0.2) is 112 Å². The van der Waals surface area contributed by atoms with Gasteiger partial charge in [-0.2, -0.15) is 0 Å². The molecule has 0 radical (unpaired) electrons. The SMILES string of the molecule is CC(C)NC(=O)[C@H](Cc1ccccc1)N(Cc1ccc(Cl)c(Cl)c1)C(=O)CN(c1cccc(Br)c1)S(=O)(=O)c1ccccc1. The lowest BCUT2D eigenvalue weighted by atomic mass is 10.0. The van der Waals surface area contributed by atoms with Crippen molar-refractivity contribution in [3.63, 3.8) is 0 Å². The molecule has 0 aliphatic carbocycles. The number of nitrogens with one attached hydrogen (secondary N) is 1. The first kappa shape index (κ1) is 33.5. The molecule has 7 nitrogen and oxygen atoms in total. The maximum absolute atomic E-state index is 14.4. The van der Waals surface area contributed by atoms with Crippen LogP contribution in [0.3, 0.4) is 0 Å².